The molecule has 0 bridgehead atoms. The highest BCUT2D eigenvalue weighted by Gasteiger charge is 2.19. The number of hydrogen-bond acceptors (Lipinski definition) is 8. The first-order valence-electron chi connectivity index (χ1n) is 8.37. The monoisotopic (exact) mass is 429 g/mol. The number of rotatable bonds is 4. The van der Waals surface area contributed by atoms with Gasteiger partial charge in [0.25, 0.3) is 11.5 Å². The zero-order valence-corrected chi connectivity index (χ0v) is 17.2. The lowest BCUT2D eigenvalue weighted by Crippen LogP contribution is -2.37. The number of amides is 1. The Bertz CT molecular complexity index is 1350. The topological polar surface area (TPSA) is 117 Å². The molecule has 0 saturated heterocycles. The van der Waals surface area contributed by atoms with Crippen LogP contribution >= 0.6 is 23.1 Å². The van der Waals surface area contributed by atoms with Crippen molar-refractivity contribution in [1.29, 1.82) is 0 Å². The van der Waals surface area contributed by atoms with Crippen LogP contribution < -0.4 is 16.6 Å². The molecule has 1 N–H and O–H groups in total. The van der Waals surface area contributed by atoms with Gasteiger partial charge in [0.05, 0.1) is 0 Å². The van der Waals surface area contributed by atoms with E-state index in [0.29, 0.717) is 25.8 Å². The predicted octanol–water partition coefficient (Wildman–Crippen LogP) is 1.23. The zero-order chi connectivity index (χ0) is 20.7. The Morgan fingerprint density at radius 3 is 2.48 bits per heavy atom. The summed E-state index contributed by atoms with van der Waals surface area (Å²) >= 11 is 2.38. The number of imidazole rings is 1. The van der Waals surface area contributed by atoms with Crippen LogP contribution in [0.15, 0.2) is 49.4 Å². The molecule has 4 aromatic rings. The number of aryl methyl sites for hydroxylation is 2. The number of fused-ring (bicyclic) bond motifs is 1. The molecule has 0 unspecified atom stereocenters. The first-order valence-corrected chi connectivity index (χ1v) is 10.0. The van der Waals surface area contributed by atoms with Crippen LogP contribution in [0.25, 0.3) is 11.2 Å². The Hall–Kier alpha value is -3.25. The van der Waals surface area contributed by atoms with Gasteiger partial charge in [-0.1, -0.05) is 29.5 Å². The fraction of sp³-hybridized carbons (Fsp3) is 0.176. The summed E-state index contributed by atoms with van der Waals surface area (Å²) in [4.78, 5) is 41.1. The lowest BCUT2D eigenvalue weighted by atomic mass is 10.2. The van der Waals surface area contributed by atoms with Crippen LogP contribution in [-0.2, 0) is 21.1 Å². The van der Waals surface area contributed by atoms with Crippen LogP contribution in [0.5, 0.6) is 0 Å². The van der Waals surface area contributed by atoms with Crippen LogP contribution in [0.2, 0.25) is 0 Å². The molecule has 1 amide bonds. The molecule has 12 heteroatoms. The molecule has 3 heterocycles. The van der Waals surface area contributed by atoms with E-state index in [1.165, 1.54) is 34.7 Å². The molecule has 0 aliphatic rings. The Labute approximate surface area is 171 Å². The van der Waals surface area contributed by atoms with Crippen LogP contribution in [0.4, 0.5) is 5.13 Å². The number of benzene rings is 1. The quantitative estimate of drug-likeness (QED) is 0.485. The van der Waals surface area contributed by atoms with E-state index in [1.54, 1.807) is 42.9 Å². The lowest BCUT2D eigenvalue weighted by Gasteiger charge is -2.05. The minimum absolute atomic E-state index is 0.196. The summed E-state index contributed by atoms with van der Waals surface area (Å²) in [5.74, 6) is -0.278. The molecule has 29 heavy (non-hydrogen) atoms. The third-order valence-corrected chi connectivity index (χ3v) is 6.20. The van der Waals surface area contributed by atoms with Crippen molar-refractivity contribution in [2.75, 3.05) is 5.32 Å². The van der Waals surface area contributed by atoms with E-state index in [4.69, 9.17) is 0 Å². The number of nitrogens with zero attached hydrogens (tertiary/aromatic N) is 6. The van der Waals surface area contributed by atoms with E-state index in [2.05, 4.69) is 20.5 Å². The third kappa shape index (κ3) is 3.36. The average molecular weight is 429 g/mol. The largest absolute Gasteiger partial charge is 0.332 e. The second-order valence-corrected chi connectivity index (χ2v) is 8.32. The zero-order valence-electron chi connectivity index (χ0n) is 15.6. The maximum Gasteiger partial charge on any atom is 0.332 e. The smallest absolute Gasteiger partial charge is 0.308 e. The van der Waals surface area contributed by atoms with E-state index in [0.717, 1.165) is 4.57 Å². The molecule has 0 saturated carbocycles. The summed E-state index contributed by atoms with van der Waals surface area (Å²) in [6.45, 7) is 0. The van der Waals surface area contributed by atoms with E-state index in [1.807, 2.05) is 6.07 Å². The van der Waals surface area contributed by atoms with Crippen molar-refractivity contribution < 1.29 is 4.79 Å². The number of carbonyl (C=O) groups is 1. The van der Waals surface area contributed by atoms with Gasteiger partial charge < -0.3 is 4.57 Å². The highest BCUT2D eigenvalue weighted by atomic mass is 32.2. The van der Waals surface area contributed by atoms with Crippen molar-refractivity contribution in [3.8, 4) is 0 Å². The second kappa shape index (κ2) is 7.29. The van der Waals surface area contributed by atoms with Crippen molar-refractivity contribution in [1.82, 2.24) is 28.9 Å². The first-order chi connectivity index (χ1) is 13.9. The molecule has 0 aliphatic heterocycles. The fourth-order valence-corrected chi connectivity index (χ4v) is 4.49. The lowest BCUT2D eigenvalue weighted by molar-refractivity contribution is 0.102. The molecule has 148 valence electrons. The van der Waals surface area contributed by atoms with Crippen LogP contribution in [0.1, 0.15) is 10.4 Å². The molecule has 0 aliphatic carbocycles. The SMILES string of the molecule is Cn1c(=O)c2nc(Sc3nnc(NC(=O)c4ccccc4)s3)n(C)c2n(C)c1=O. The summed E-state index contributed by atoms with van der Waals surface area (Å²) in [5, 5.41) is 11.6. The minimum Gasteiger partial charge on any atom is -0.308 e. The molecule has 0 atom stereocenters. The summed E-state index contributed by atoms with van der Waals surface area (Å²) in [5.41, 5.74) is 0.246. The van der Waals surface area contributed by atoms with Gasteiger partial charge in [0.15, 0.2) is 20.7 Å². The van der Waals surface area contributed by atoms with E-state index in [9.17, 15) is 14.4 Å². The van der Waals surface area contributed by atoms with E-state index < -0.39 is 11.2 Å². The normalized spacial score (nSPS) is 11.1. The Balaban J connectivity index is 1.62. The van der Waals surface area contributed by atoms with Crippen molar-refractivity contribution in [2.45, 2.75) is 9.50 Å². The van der Waals surface area contributed by atoms with Crippen molar-refractivity contribution in [3.63, 3.8) is 0 Å². The Morgan fingerprint density at radius 1 is 1.03 bits per heavy atom. The molecule has 0 spiro atoms. The standard InChI is InChI=1S/C17H15N7O3S2/c1-22-12-10(13(26)24(3)17(27)23(12)2)18-15(22)29-16-21-20-14(28-16)19-11(25)9-7-5-4-6-8-9/h4-8H,1-3H3,(H,19,20,25). The molecular weight excluding hydrogens is 414 g/mol. The summed E-state index contributed by atoms with van der Waals surface area (Å²) in [7, 11) is 4.72. The number of aromatic nitrogens is 6. The first kappa shape index (κ1) is 19.1. The van der Waals surface area contributed by atoms with Gasteiger partial charge in [-0.25, -0.2) is 9.78 Å². The molecule has 3 aromatic heterocycles. The van der Waals surface area contributed by atoms with Crippen molar-refractivity contribution >= 4 is 45.3 Å². The van der Waals surface area contributed by atoms with Crippen molar-refractivity contribution in [3.05, 3.63) is 56.7 Å². The van der Waals surface area contributed by atoms with Gasteiger partial charge in [0, 0.05) is 26.7 Å². The predicted molar refractivity (Wildman–Crippen MR) is 110 cm³/mol. The average Bonchev–Trinajstić information content (AvgIpc) is 3.30. The molecular formula is C17H15N7O3S2. The van der Waals surface area contributed by atoms with Crippen LogP contribution in [0, 0.1) is 0 Å². The third-order valence-electron chi connectivity index (χ3n) is 4.26. The molecule has 10 nitrogen and oxygen atoms in total. The summed E-state index contributed by atoms with van der Waals surface area (Å²) in [6, 6.07) is 8.79. The fourth-order valence-electron chi connectivity index (χ4n) is 2.79. The number of nitrogens with one attached hydrogen (secondary N) is 1. The molecule has 1 aromatic carbocycles. The van der Waals surface area contributed by atoms with Crippen LogP contribution in [-0.4, -0.2) is 34.8 Å². The van der Waals surface area contributed by atoms with Gasteiger partial charge in [0.2, 0.25) is 5.13 Å². The highest BCUT2D eigenvalue weighted by Crippen LogP contribution is 2.32. The van der Waals surface area contributed by atoms with Gasteiger partial charge in [-0.2, -0.15) is 0 Å². The Morgan fingerprint density at radius 2 is 1.76 bits per heavy atom. The summed E-state index contributed by atoms with van der Waals surface area (Å²) in [6.07, 6.45) is 0. The molecule has 4 rings (SSSR count). The number of carbonyl (C=O) groups excluding carboxylic acids is 1. The van der Waals surface area contributed by atoms with Gasteiger partial charge in [-0.05, 0) is 23.9 Å². The molecule has 0 radical (unpaired) electrons. The summed E-state index contributed by atoms with van der Waals surface area (Å²) < 4.78 is 4.59. The van der Waals surface area contributed by atoms with Gasteiger partial charge in [0.1, 0.15) is 0 Å². The van der Waals surface area contributed by atoms with Gasteiger partial charge >= 0.3 is 5.69 Å². The highest BCUT2D eigenvalue weighted by molar-refractivity contribution is 8.01. The molecule has 0 fully saturated rings. The second-order valence-electron chi connectivity index (χ2n) is 6.13. The minimum atomic E-state index is -0.460. The number of anilines is 1. The Kier molecular flexibility index (Phi) is 4.80. The van der Waals surface area contributed by atoms with Crippen molar-refractivity contribution in [2.24, 2.45) is 21.1 Å². The maximum atomic E-state index is 12.4. The van der Waals surface area contributed by atoms with Gasteiger partial charge in [-0.15, -0.1) is 10.2 Å². The van der Waals surface area contributed by atoms with E-state index in [-0.39, 0.29) is 11.4 Å². The van der Waals surface area contributed by atoms with Gasteiger partial charge in [-0.3, -0.25) is 24.0 Å². The number of hydrogen-bond donors (Lipinski definition) is 1. The van der Waals surface area contributed by atoms with Crippen LogP contribution in [0.3, 0.4) is 0 Å². The maximum absolute atomic E-state index is 12.4. The van der Waals surface area contributed by atoms with E-state index >= 15 is 0 Å².